The highest BCUT2D eigenvalue weighted by Crippen LogP contribution is 2.42. The third kappa shape index (κ3) is 3.94. The van der Waals surface area contributed by atoms with E-state index in [-0.39, 0.29) is 23.5 Å². The molecule has 6 nitrogen and oxygen atoms in total. The fourth-order valence-corrected chi connectivity index (χ4v) is 4.42. The largest absolute Gasteiger partial charge is 0.362 e. The molecule has 2 aromatic rings. The van der Waals surface area contributed by atoms with Gasteiger partial charge < -0.3 is 15.0 Å². The van der Waals surface area contributed by atoms with Crippen LogP contribution in [0.3, 0.4) is 0 Å². The van der Waals surface area contributed by atoms with Gasteiger partial charge in [-0.25, -0.2) is 4.39 Å². The molecule has 1 N–H and O–H groups in total. The Labute approximate surface area is 175 Å². The number of hydrogen-bond acceptors (Lipinski definition) is 4. The number of aromatic nitrogens is 1. The lowest BCUT2D eigenvalue weighted by atomic mass is 9.80. The number of nitrogens with one attached hydrogen (secondary N) is 1. The van der Waals surface area contributed by atoms with Crippen molar-refractivity contribution in [2.75, 3.05) is 18.4 Å². The molecule has 158 valence electrons. The normalized spacial score (nSPS) is 26.0. The summed E-state index contributed by atoms with van der Waals surface area (Å²) in [6.07, 6.45) is 4.82. The molecule has 7 heteroatoms. The maximum Gasteiger partial charge on any atom is 0.253 e. The lowest BCUT2D eigenvalue weighted by Gasteiger charge is -2.44. The number of amides is 2. The number of anilines is 1. The minimum atomic E-state index is -0.513. The van der Waals surface area contributed by atoms with E-state index in [0.29, 0.717) is 42.7 Å². The fourth-order valence-electron chi connectivity index (χ4n) is 4.42. The highest BCUT2D eigenvalue weighted by molar-refractivity contribution is 5.95. The van der Waals surface area contributed by atoms with Crippen molar-refractivity contribution in [1.29, 1.82) is 0 Å². The van der Waals surface area contributed by atoms with Crippen LogP contribution in [0.4, 0.5) is 10.1 Å². The average Bonchev–Trinajstić information content (AvgIpc) is 3.18. The molecule has 4 rings (SSSR count). The second-order valence-electron chi connectivity index (χ2n) is 8.31. The van der Waals surface area contributed by atoms with Gasteiger partial charge in [-0.05, 0) is 56.0 Å². The smallest absolute Gasteiger partial charge is 0.253 e. The monoisotopic (exact) mass is 411 g/mol. The molecule has 2 saturated heterocycles. The number of hydrogen-bond donors (Lipinski definition) is 1. The Morgan fingerprint density at radius 2 is 2.13 bits per heavy atom. The Bertz CT molecular complexity index is 952. The van der Waals surface area contributed by atoms with Crippen LogP contribution in [0.25, 0.3) is 0 Å². The van der Waals surface area contributed by atoms with Gasteiger partial charge in [0.2, 0.25) is 0 Å². The van der Waals surface area contributed by atoms with Crippen LogP contribution in [0.2, 0.25) is 0 Å². The van der Waals surface area contributed by atoms with Gasteiger partial charge in [0.25, 0.3) is 11.8 Å². The van der Waals surface area contributed by atoms with Gasteiger partial charge in [0, 0.05) is 30.8 Å². The molecule has 3 atom stereocenters. The number of halogens is 1. The summed E-state index contributed by atoms with van der Waals surface area (Å²) < 4.78 is 20.1. The van der Waals surface area contributed by atoms with Crippen LogP contribution in [0, 0.1) is 18.7 Å². The number of likely N-dealkylation sites (tertiary alicyclic amines) is 1. The second-order valence-corrected chi connectivity index (χ2v) is 8.31. The molecule has 1 aromatic carbocycles. The number of aryl methyl sites for hydroxylation is 1. The zero-order chi connectivity index (χ0) is 21.3. The SMILES string of the molecule is Cc1ccc(C(=O)N2CCC3(CCC(C(=O)Nc4cccnc4)O3)C(C)C2)cc1F. The number of carbonyl (C=O) groups excluding carboxylic acids is 2. The molecule has 0 radical (unpaired) electrons. The summed E-state index contributed by atoms with van der Waals surface area (Å²) in [6, 6.07) is 8.15. The molecule has 3 heterocycles. The summed E-state index contributed by atoms with van der Waals surface area (Å²) in [5.74, 6) is -0.633. The van der Waals surface area contributed by atoms with Crippen LogP contribution in [0.5, 0.6) is 0 Å². The maximum atomic E-state index is 13.9. The van der Waals surface area contributed by atoms with Gasteiger partial charge in [-0.15, -0.1) is 0 Å². The van der Waals surface area contributed by atoms with Crippen molar-refractivity contribution in [2.45, 2.75) is 44.8 Å². The third-order valence-corrected chi connectivity index (χ3v) is 6.33. The first-order chi connectivity index (χ1) is 14.4. The third-order valence-electron chi connectivity index (χ3n) is 6.33. The minimum Gasteiger partial charge on any atom is -0.362 e. The van der Waals surface area contributed by atoms with Crippen LogP contribution in [-0.2, 0) is 9.53 Å². The fraction of sp³-hybridized carbons (Fsp3) is 0.435. The Morgan fingerprint density at radius 1 is 1.30 bits per heavy atom. The van der Waals surface area contributed by atoms with Crippen LogP contribution >= 0.6 is 0 Å². The molecule has 2 aliphatic heterocycles. The van der Waals surface area contributed by atoms with Crippen LogP contribution in [-0.4, -0.2) is 46.5 Å². The molecule has 2 aliphatic rings. The van der Waals surface area contributed by atoms with Crippen molar-refractivity contribution in [3.8, 4) is 0 Å². The van der Waals surface area contributed by atoms with E-state index in [1.165, 1.54) is 6.07 Å². The van der Waals surface area contributed by atoms with Gasteiger partial charge >= 0.3 is 0 Å². The summed E-state index contributed by atoms with van der Waals surface area (Å²) in [5, 5.41) is 2.85. The van der Waals surface area contributed by atoms with Gasteiger partial charge in [0.1, 0.15) is 11.9 Å². The molecule has 2 fully saturated rings. The minimum absolute atomic E-state index is 0.0710. The van der Waals surface area contributed by atoms with Crippen molar-refractivity contribution in [2.24, 2.45) is 5.92 Å². The predicted octanol–water partition coefficient (Wildman–Crippen LogP) is 3.57. The van der Waals surface area contributed by atoms with Gasteiger partial charge in [-0.2, -0.15) is 0 Å². The quantitative estimate of drug-likeness (QED) is 0.838. The van der Waals surface area contributed by atoms with Gasteiger partial charge in [-0.3, -0.25) is 14.6 Å². The first kappa shape index (κ1) is 20.5. The Kier molecular flexibility index (Phi) is 5.56. The van der Waals surface area contributed by atoms with E-state index in [1.807, 2.05) is 0 Å². The summed E-state index contributed by atoms with van der Waals surface area (Å²) in [7, 11) is 0. The average molecular weight is 411 g/mol. The molecule has 1 aromatic heterocycles. The molecule has 0 aliphatic carbocycles. The van der Waals surface area contributed by atoms with E-state index < -0.39 is 11.7 Å². The first-order valence-corrected chi connectivity index (χ1v) is 10.3. The van der Waals surface area contributed by atoms with E-state index >= 15 is 0 Å². The Balaban J connectivity index is 1.38. The predicted molar refractivity (Wildman–Crippen MR) is 111 cm³/mol. The van der Waals surface area contributed by atoms with Crippen LogP contribution < -0.4 is 5.32 Å². The highest BCUT2D eigenvalue weighted by atomic mass is 19.1. The van der Waals surface area contributed by atoms with E-state index in [4.69, 9.17) is 4.74 Å². The van der Waals surface area contributed by atoms with E-state index in [1.54, 1.807) is 48.5 Å². The first-order valence-electron chi connectivity index (χ1n) is 10.3. The van der Waals surface area contributed by atoms with Crippen molar-refractivity contribution in [1.82, 2.24) is 9.88 Å². The maximum absolute atomic E-state index is 13.9. The number of benzene rings is 1. The zero-order valence-corrected chi connectivity index (χ0v) is 17.2. The van der Waals surface area contributed by atoms with Gasteiger partial charge in [0.15, 0.2) is 0 Å². The molecule has 3 unspecified atom stereocenters. The zero-order valence-electron chi connectivity index (χ0n) is 17.2. The Morgan fingerprint density at radius 3 is 2.83 bits per heavy atom. The number of piperidine rings is 1. The van der Waals surface area contributed by atoms with Gasteiger partial charge in [-0.1, -0.05) is 13.0 Å². The van der Waals surface area contributed by atoms with Crippen molar-refractivity contribution >= 4 is 17.5 Å². The number of pyridine rings is 1. The summed E-state index contributed by atoms with van der Waals surface area (Å²) in [5.41, 5.74) is 1.12. The van der Waals surface area contributed by atoms with E-state index in [2.05, 4.69) is 17.2 Å². The molecule has 0 bridgehead atoms. The number of carbonyl (C=O) groups is 2. The van der Waals surface area contributed by atoms with Crippen LogP contribution in [0.1, 0.15) is 42.1 Å². The van der Waals surface area contributed by atoms with E-state index in [0.717, 1.165) is 6.42 Å². The highest BCUT2D eigenvalue weighted by Gasteiger charge is 2.49. The lowest BCUT2D eigenvalue weighted by molar-refractivity contribution is -0.141. The molecule has 30 heavy (non-hydrogen) atoms. The van der Waals surface area contributed by atoms with Crippen molar-refractivity contribution in [3.05, 3.63) is 59.7 Å². The van der Waals surface area contributed by atoms with Gasteiger partial charge in [0.05, 0.1) is 17.5 Å². The standard InChI is InChI=1S/C23H26FN3O3/c1-15-5-6-17(12-19(15)24)22(29)27-11-9-23(16(2)14-27)8-7-20(30-23)21(28)26-18-4-3-10-25-13-18/h3-6,10,12-13,16,20H,7-9,11,14H2,1-2H3,(H,26,28). The van der Waals surface area contributed by atoms with Crippen molar-refractivity contribution < 1.29 is 18.7 Å². The number of nitrogens with zero attached hydrogens (tertiary/aromatic N) is 2. The summed E-state index contributed by atoms with van der Waals surface area (Å²) in [4.78, 5) is 31.2. The molecule has 1 spiro atoms. The van der Waals surface area contributed by atoms with E-state index in [9.17, 15) is 14.0 Å². The molecular formula is C23H26FN3O3. The lowest BCUT2D eigenvalue weighted by Crippen LogP contribution is -2.52. The topological polar surface area (TPSA) is 71.5 Å². The summed E-state index contributed by atoms with van der Waals surface area (Å²) >= 11 is 0. The second kappa shape index (κ2) is 8.14. The molecular weight excluding hydrogens is 385 g/mol. The van der Waals surface area contributed by atoms with Crippen LogP contribution in [0.15, 0.2) is 42.7 Å². The van der Waals surface area contributed by atoms with Crippen molar-refractivity contribution in [3.63, 3.8) is 0 Å². The Hall–Kier alpha value is -2.80. The molecule has 2 amide bonds. The summed E-state index contributed by atoms with van der Waals surface area (Å²) in [6.45, 7) is 4.77. The number of rotatable bonds is 3. The molecule has 0 saturated carbocycles. The number of ether oxygens (including phenoxy) is 1.